The van der Waals surface area contributed by atoms with Crippen LogP contribution in [0.2, 0.25) is 0 Å². The molecule has 6 aromatic rings. The van der Waals surface area contributed by atoms with Gasteiger partial charge in [0, 0.05) is 12.1 Å². The minimum absolute atomic E-state index is 0.0459. The van der Waals surface area contributed by atoms with Gasteiger partial charge in [-0.2, -0.15) is 14.2 Å². The van der Waals surface area contributed by atoms with Crippen LogP contribution in [-0.2, 0) is 0 Å². The van der Waals surface area contributed by atoms with Crippen LogP contribution in [0.3, 0.4) is 0 Å². The van der Waals surface area contributed by atoms with Crippen LogP contribution in [-0.4, -0.2) is 24.7 Å². The van der Waals surface area contributed by atoms with Crippen LogP contribution in [0.1, 0.15) is 5.69 Å². The maximum Gasteiger partial charge on any atom is 0.278 e. The Hall–Kier alpha value is -4.92. The Bertz CT molecular complexity index is 1820. The third-order valence-electron chi connectivity index (χ3n) is 5.83. The number of aromatic amines is 1. The zero-order valence-electron chi connectivity index (χ0n) is 18.0. The number of hydrogen-bond acceptors (Lipinski definition) is 5. The van der Waals surface area contributed by atoms with Crippen LogP contribution >= 0.6 is 0 Å². The SMILES string of the molecule is Cc1nn(-c2ccccc2)c2nc(-c3cccc([N+](=O)[O-])c3)[n+]3c4ccccc4[nH]c3c2c1=O. The molecule has 0 atom stereocenters. The Labute approximate surface area is 191 Å². The maximum atomic E-state index is 13.4. The highest BCUT2D eigenvalue weighted by atomic mass is 16.6. The molecule has 0 unspecified atom stereocenters. The van der Waals surface area contributed by atoms with Crippen molar-refractivity contribution in [2.24, 2.45) is 0 Å². The van der Waals surface area contributed by atoms with Gasteiger partial charge in [-0.3, -0.25) is 19.9 Å². The average molecular weight is 449 g/mol. The van der Waals surface area contributed by atoms with E-state index < -0.39 is 4.92 Å². The number of rotatable bonds is 3. The van der Waals surface area contributed by atoms with Gasteiger partial charge in [-0.15, -0.1) is 0 Å². The van der Waals surface area contributed by atoms with E-state index in [2.05, 4.69) is 10.1 Å². The largest absolute Gasteiger partial charge is 0.287 e. The number of H-pyrrole nitrogens is 1. The lowest BCUT2D eigenvalue weighted by molar-refractivity contribution is -0.470. The molecule has 0 saturated heterocycles. The highest BCUT2D eigenvalue weighted by molar-refractivity contribution is 5.92. The van der Waals surface area contributed by atoms with E-state index in [0.29, 0.717) is 33.8 Å². The second-order valence-corrected chi connectivity index (χ2v) is 7.93. The lowest BCUT2D eigenvalue weighted by Crippen LogP contribution is -2.29. The van der Waals surface area contributed by atoms with E-state index in [1.165, 1.54) is 12.1 Å². The molecule has 3 heterocycles. The van der Waals surface area contributed by atoms with Gasteiger partial charge in [-0.25, -0.2) is 0 Å². The summed E-state index contributed by atoms with van der Waals surface area (Å²) >= 11 is 0. The molecule has 9 heteroatoms. The van der Waals surface area contributed by atoms with Gasteiger partial charge in [0.05, 0.1) is 16.2 Å². The molecule has 0 aliphatic heterocycles. The Morgan fingerprint density at radius 1 is 1.00 bits per heavy atom. The van der Waals surface area contributed by atoms with Crippen molar-refractivity contribution in [1.29, 1.82) is 0 Å². The first-order chi connectivity index (χ1) is 16.5. The zero-order chi connectivity index (χ0) is 23.4. The number of nitro groups is 1. The first-order valence-electron chi connectivity index (χ1n) is 10.6. The van der Waals surface area contributed by atoms with Crippen LogP contribution in [0.15, 0.2) is 83.7 Å². The van der Waals surface area contributed by atoms with Gasteiger partial charge in [0.1, 0.15) is 16.7 Å². The molecular weight excluding hydrogens is 432 g/mol. The van der Waals surface area contributed by atoms with E-state index >= 15 is 0 Å². The molecule has 0 bridgehead atoms. The van der Waals surface area contributed by atoms with Crippen molar-refractivity contribution in [3.63, 3.8) is 0 Å². The molecule has 0 aliphatic carbocycles. The Morgan fingerprint density at radius 3 is 2.56 bits per heavy atom. The van der Waals surface area contributed by atoms with Gasteiger partial charge in [0.25, 0.3) is 11.5 Å². The van der Waals surface area contributed by atoms with Gasteiger partial charge >= 0.3 is 0 Å². The summed E-state index contributed by atoms with van der Waals surface area (Å²) in [4.78, 5) is 32.6. The number of imidazole rings is 1. The van der Waals surface area contributed by atoms with Gasteiger partial charge < -0.3 is 0 Å². The molecule has 3 aromatic carbocycles. The lowest BCUT2D eigenvalue weighted by atomic mass is 10.1. The quantitative estimate of drug-likeness (QED) is 0.250. The molecular formula is C25H17N6O3+. The standard InChI is InChI=1S/C25H16N6O3/c1-15-22(32)21-24-26-19-12-5-6-13-20(19)29(24)23(16-8-7-11-18(14-16)31(33)34)27-25(21)30(28-15)17-9-3-2-4-10-17/h2-14H,1H3/p+1. The third-order valence-corrected chi connectivity index (χ3v) is 5.83. The zero-order valence-corrected chi connectivity index (χ0v) is 18.0. The molecule has 0 spiro atoms. The Balaban J connectivity index is 1.85. The van der Waals surface area contributed by atoms with Crippen molar-refractivity contribution in [2.45, 2.75) is 6.92 Å². The number of para-hydroxylation sites is 3. The first-order valence-corrected chi connectivity index (χ1v) is 10.6. The summed E-state index contributed by atoms with van der Waals surface area (Å²) in [7, 11) is 0. The van der Waals surface area contributed by atoms with Gasteiger partial charge in [0.15, 0.2) is 5.39 Å². The van der Waals surface area contributed by atoms with E-state index in [1.807, 2.05) is 59.0 Å². The summed E-state index contributed by atoms with van der Waals surface area (Å²) < 4.78 is 3.48. The van der Waals surface area contributed by atoms with Crippen LogP contribution in [0.5, 0.6) is 0 Å². The molecule has 0 radical (unpaired) electrons. The predicted octanol–water partition coefficient (Wildman–Crippen LogP) is 3.88. The van der Waals surface area contributed by atoms with Crippen LogP contribution in [0.25, 0.3) is 44.8 Å². The van der Waals surface area contributed by atoms with Gasteiger partial charge in [-0.05, 0) is 37.3 Å². The maximum absolute atomic E-state index is 13.4. The highest BCUT2D eigenvalue weighted by Gasteiger charge is 2.27. The predicted molar refractivity (Wildman–Crippen MR) is 127 cm³/mol. The molecule has 164 valence electrons. The molecule has 0 amide bonds. The molecule has 0 saturated carbocycles. The number of non-ortho nitro benzene ring substituents is 1. The van der Waals surface area contributed by atoms with E-state index in [1.54, 1.807) is 23.7 Å². The van der Waals surface area contributed by atoms with Crippen molar-refractivity contribution in [2.75, 3.05) is 0 Å². The Morgan fingerprint density at radius 2 is 1.76 bits per heavy atom. The fourth-order valence-electron chi connectivity index (χ4n) is 4.27. The fourth-order valence-corrected chi connectivity index (χ4v) is 4.27. The minimum Gasteiger partial charge on any atom is -0.287 e. The fraction of sp³-hybridized carbons (Fsp3) is 0.0400. The second kappa shape index (κ2) is 7.31. The van der Waals surface area contributed by atoms with Crippen LogP contribution in [0, 0.1) is 17.0 Å². The highest BCUT2D eigenvalue weighted by Crippen LogP contribution is 2.26. The molecule has 3 aromatic heterocycles. The van der Waals surface area contributed by atoms with Gasteiger partial charge in [0.2, 0.25) is 16.7 Å². The first kappa shape index (κ1) is 19.7. The van der Waals surface area contributed by atoms with Crippen molar-refractivity contribution < 1.29 is 9.32 Å². The number of benzene rings is 3. The normalized spacial score (nSPS) is 11.4. The van der Waals surface area contributed by atoms with Gasteiger partial charge in [-0.1, -0.05) is 41.4 Å². The van der Waals surface area contributed by atoms with E-state index in [9.17, 15) is 14.9 Å². The number of hydrogen-bond donors (Lipinski definition) is 1. The molecule has 9 nitrogen and oxygen atoms in total. The number of aromatic nitrogens is 5. The van der Waals surface area contributed by atoms with Crippen molar-refractivity contribution in [3.8, 4) is 17.1 Å². The summed E-state index contributed by atoms with van der Waals surface area (Å²) in [5.41, 5.74) is 3.86. The number of nitro benzene ring substituents is 1. The van der Waals surface area contributed by atoms with E-state index in [4.69, 9.17) is 4.98 Å². The van der Waals surface area contributed by atoms with Crippen LogP contribution in [0.4, 0.5) is 5.69 Å². The number of aryl methyl sites for hydroxylation is 1. The molecule has 0 aliphatic rings. The summed E-state index contributed by atoms with van der Waals surface area (Å²) in [6.45, 7) is 1.68. The summed E-state index contributed by atoms with van der Waals surface area (Å²) in [6, 6.07) is 23.4. The topological polar surface area (TPSA) is 111 Å². The number of nitrogens with one attached hydrogen (secondary N) is 1. The molecule has 1 N–H and O–H groups in total. The van der Waals surface area contributed by atoms with Crippen molar-refractivity contribution >= 4 is 33.4 Å². The molecule has 34 heavy (non-hydrogen) atoms. The number of nitrogens with zero attached hydrogens (tertiary/aromatic N) is 5. The van der Waals surface area contributed by atoms with Crippen molar-refractivity contribution in [1.82, 2.24) is 19.7 Å². The average Bonchev–Trinajstić information content (AvgIpc) is 3.25. The number of fused-ring (bicyclic) bond motifs is 5. The second-order valence-electron chi connectivity index (χ2n) is 7.93. The monoisotopic (exact) mass is 449 g/mol. The third kappa shape index (κ3) is 2.87. The van der Waals surface area contributed by atoms with Crippen LogP contribution < -0.4 is 9.83 Å². The lowest BCUT2D eigenvalue weighted by Gasteiger charge is -2.09. The minimum atomic E-state index is -0.438. The van der Waals surface area contributed by atoms with Crippen molar-refractivity contribution in [3.05, 3.63) is 105 Å². The van der Waals surface area contributed by atoms with E-state index in [0.717, 1.165) is 16.7 Å². The smallest absolute Gasteiger partial charge is 0.278 e. The molecule has 0 fully saturated rings. The van der Waals surface area contributed by atoms with E-state index in [-0.39, 0.29) is 11.1 Å². The molecule has 6 rings (SSSR count). The summed E-state index contributed by atoms with van der Waals surface area (Å²) in [5, 5.41) is 16.4. The summed E-state index contributed by atoms with van der Waals surface area (Å²) in [5.74, 6) is 0.457. The summed E-state index contributed by atoms with van der Waals surface area (Å²) in [6.07, 6.45) is 0. The Kier molecular flexibility index (Phi) is 4.24.